The molecule has 2 aromatic carbocycles. The number of benzene rings is 2. The number of rotatable bonds is 5. The number of nitrogens with one attached hydrogen (secondary N) is 1. The van der Waals surface area contributed by atoms with Crippen LogP contribution in [0, 0.1) is 0 Å². The van der Waals surface area contributed by atoms with E-state index in [4.69, 9.17) is 16.3 Å². The lowest BCUT2D eigenvalue weighted by atomic mass is 10.0. The van der Waals surface area contributed by atoms with Gasteiger partial charge in [0.25, 0.3) is 0 Å². The van der Waals surface area contributed by atoms with E-state index < -0.39 is 0 Å². The molecule has 5 heteroatoms. The molecule has 0 spiro atoms. The van der Waals surface area contributed by atoms with Gasteiger partial charge in [-0.15, -0.1) is 11.6 Å². The molecule has 0 fully saturated rings. The predicted molar refractivity (Wildman–Crippen MR) is 90.4 cm³/mol. The summed E-state index contributed by atoms with van der Waals surface area (Å²) in [6, 6.07) is 16.1. The monoisotopic (exact) mass is 327 g/mol. The highest BCUT2D eigenvalue weighted by atomic mass is 35.5. The fourth-order valence-corrected chi connectivity index (χ4v) is 2.51. The number of pyridine rings is 1. The third-order valence-electron chi connectivity index (χ3n) is 3.48. The van der Waals surface area contributed by atoms with Gasteiger partial charge in [-0.25, -0.2) is 0 Å². The molecule has 1 heterocycles. The summed E-state index contributed by atoms with van der Waals surface area (Å²) >= 11 is 5.68. The van der Waals surface area contributed by atoms with E-state index in [-0.39, 0.29) is 17.2 Å². The Morgan fingerprint density at radius 2 is 1.87 bits per heavy atom. The zero-order valence-corrected chi connectivity index (χ0v) is 13.0. The summed E-state index contributed by atoms with van der Waals surface area (Å²) in [5, 5.41) is 0.655. The topological polar surface area (TPSA) is 59.2 Å². The molecular weight excluding hydrogens is 314 g/mol. The zero-order chi connectivity index (χ0) is 16.2. The van der Waals surface area contributed by atoms with Crippen molar-refractivity contribution in [3.63, 3.8) is 0 Å². The number of halogens is 1. The van der Waals surface area contributed by atoms with E-state index in [0.717, 1.165) is 5.56 Å². The number of H-pyrrole nitrogens is 1. The lowest BCUT2D eigenvalue weighted by Gasteiger charge is -2.10. The maximum atomic E-state index is 12.1. The predicted octanol–water partition coefficient (Wildman–Crippen LogP) is 3.53. The molecule has 0 aliphatic rings. The van der Waals surface area contributed by atoms with Gasteiger partial charge in [0.15, 0.2) is 5.78 Å². The standard InChI is InChI=1S/C18H14ClNO3/c19-10-17(21)15-8-13(23-11-12-4-2-1-3-5-12)9-16-14(15)6-7-18(22)20-16/h1-9H,10-11H2,(H,20,22). The van der Waals surface area contributed by atoms with Gasteiger partial charge in [-0.05, 0) is 17.7 Å². The second-order valence-electron chi connectivity index (χ2n) is 5.09. The Balaban J connectivity index is 2.00. The normalized spacial score (nSPS) is 10.7. The Hall–Kier alpha value is -2.59. The Bertz CT molecular complexity index is 903. The van der Waals surface area contributed by atoms with Gasteiger partial charge in [0.05, 0.1) is 11.4 Å². The number of aromatic nitrogens is 1. The summed E-state index contributed by atoms with van der Waals surface area (Å²) in [7, 11) is 0. The van der Waals surface area contributed by atoms with Gasteiger partial charge in [0.2, 0.25) is 5.56 Å². The van der Waals surface area contributed by atoms with Crippen LogP contribution in [-0.4, -0.2) is 16.6 Å². The minimum absolute atomic E-state index is 0.129. The summed E-state index contributed by atoms with van der Waals surface area (Å²) in [5.41, 5.74) is 1.77. The van der Waals surface area contributed by atoms with Gasteiger partial charge < -0.3 is 9.72 Å². The molecule has 0 atom stereocenters. The van der Waals surface area contributed by atoms with E-state index in [1.807, 2.05) is 30.3 Å². The smallest absolute Gasteiger partial charge is 0.248 e. The SMILES string of the molecule is O=C(CCl)c1cc(OCc2ccccc2)cc2[nH]c(=O)ccc12. The first-order valence-electron chi connectivity index (χ1n) is 7.10. The number of carbonyl (C=O) groups excluding carboxylic acids is 1. The summed E-state index contributed by atoms with van der Waals surface area (Å²) in [5.74, 6) is 0.168. The molecule has 0 unspecified atom stereocenters. The van der Waals surface area contributed by atoms with Crippen molar-refractivity contribution in [1.82, 2.24) is 4.98 Å². The number of carbonyl (C=O) groups is 1. The van der Waals surface area contributed by atoms with E-state index in [1.54, 1.807) is 18.2 Å². The third kappa shape index (κ3) is 3.43. The van der Waals surface area contributed by atoms with Crippen LogP contribution >= 0.6 is 11.6 Å². The number of ether oxygens (including phenoxy) is 1. The van der Waals surface area contributed by atoms with Crippen molar-refractivity contribution in [3.05, 3.63) is 76.1 Å². The molecule has 116 valence electrons. The Morgan fingerprint density at radius 3 is 2.61 bits per heavy atom. The molecule has 0 aliphatic heterocycles. The molecule has 0 amide bonds. The molecule has 4 nitrogen and oxygen atoms in total. The average Bonchev–Trinajstić information content (AvgIpc) is 2.59. The molecule has 0 saturated heterocycles. The first-order chi connectivity index (χ1) is 11.2. The molecular formula is C18H14ClNO3. The van der Waals surface area contributed by atoms with Crippen molar-refractivity contribution in [2.24, 2.45) is 0 Å². The molecule has 23 heavy (non-hydrogen) atoms. The molecule has 1 N–H and O–H groups in total. The lowest BCUT2D eigenvalue weighted by Crippen LogP contribution is -2.07. The highest BCUT2D eigenvalue weighted by molar-refractivity contribution is 6.32. The van der Waals surface area contributed by atoms with Gasteiger partial charge in [-0.2, -0.15) is 0 Å². The fourth-order valence-electron chi connectivity index (χ4n) is 2.37. The van der Waals surface area contributed by atoms with Crippen LogP contribution in [0.1, 0.15) is 15.9 Å². The van der Waals surface area contributed by atoms with Gasteiger partial charge in [-0.1, -0.05) is 30.3 Å². The zero-order valence-electron chi connectivity index (χ0n) is 12.2. The van der Waals surface area contributed by atoms with Crippen LogP contribution < -0.4 is 10.3 Å². The molecule has 3 rings (SSSR count). The van der Waals surface area contributed by atoms with Gasteiger partial charge >= 0.3 is 0 Å². The molecule has 0 aliphatic carbocycles. The highest BCUT2D eigenvalue weighted by Crippen LogP contribution is 2.25. The van der Waals surface area contributed by atoms with Crippen molar-refractivity contribution in [2.45, 2.75) is 6.61 Å². The van der Waals surface area contributed by atoms with Crippen molar-refractivity contribution in [1.29, 1.82) is 0 Å². The Kier molecular flexibility index (Phi) is 4.44. The number of alkyl halides is 1. The highest BCUT2D eigenvalue weighted by Gasteiger charge is 2.12. The minimum atomic E-state index is -0.234. The van der Waals surface area contributed by atoms with Crippen LogP contribution in [0.2, 0.25) is 0 Å². The summed E-state index contributed by atoms with van der Waals surface area (Å²) in [6.45, 7) is 0.373. The van der Waals surface area contributed by atoms with Crippen LogP contribution in [0.3, 0.4) is 0 Å². The maximum Gasteiger partial charge on any atom is 0.248 e. The number of aromatic amines is 1. The van der Waals surface area contributed by atoms with Crippen molar-refractivity contribution < 1.29 is 9.53 Å². The van der Waals surface area contributed by atoms with Crippen molar-refractivity contribution >= 4 is 28.3 Å². The Morgan fingerprint density at radius 1 is 1.09 bits per heavy atom. The molecule has 1 aromatic heterocycles. The van der Waals surface area contributed by atoms with Crippen LogP contribution in [0.5, 0.6) is 5.75 Å². The molecule has 0 radical (unpaired) electrons. The lowest BCUT2D eigenvalue weighted by molar-refractivity contribution is 0.102. The summed E-state index contributed by atoms with van der Waals surface area (Å²) in [6.07, 6.45) is 0. The van der Waals surface area contributed by atoms with Gasteiger partial charge in [0, 0.05) is 23.1 Å². The number of hydrogen-bond acceptors (Lipinski definition) is 3. The third-order valence-corrected chi connectivity index (χ3v) is 3.73. The van der Waals surface area contributed by atoms with Gasteiger partial charge in [-0.3, -0.25) is 9.59 Å². The van der Waals surface area contributed by atoms with Crippen LogP contribution in [0.25, 0.3) is 10.9 Å². The second-order valence-corrected chi connectivity index (χ2v) is 5.35. The minimum Gasteiger partial charge on any atom is -0.489 e. The number of ketones is 1. The first kappa shape index (κ1) is 15.3. The number of Topliss-reactive ketones (excluding diaryl/α,β-unsaturated/α-hetero) is 1. The van der Waals surface area contributed by atoms with Gasteiger partial charge in [0.1, 0.15) is 12.4 Å². The van der Waals surface area contributed by atoms with E-state index in [1.165, 1.54) is 6.07 Å². The van der Waals surface area contributed by atoms with Crippen LogP contribution in [0.15, 0.2) is 59.4 Å². The number of hydrogen-bond donors (Lipinski definition) is 1. The largest absolute Gasteiger partial charge is 0.489 e. The summed E-state index contributed by atoms with van der Waals surface area (Å²) < 4.78 is 5.76. The summed E-state index contributed by atoms with van der Waals surface area (Å²) in [4.78, 5) is 26.3. The van der Waals surface area contributed by atoms with E-state index in [9.17, 15) is 9.59 Å². The Labute approximate surface area is 137 Å². The maximum absolute atomic E-state index is 12.1. The van der Waals surface area contributed by atoms with Crippen LogP contribution in [0.4, 0.5) is 0 Å². The first-order valence-corrected chi connectivity index (χ1v) is 7.64. The van der Waals surface area contributed by atoms with Crippen LogP contribution in [-0.2, 0) is 6.61 Å². The fraction of sp³-hybridized carbons (Fsp3) is 0.111. The van der Waals surface area contributed by atoms with E-state index in [0.29, 0.717) is 28.8 Å². The molecule has 0 saturated carbocycles. The van der Waals surface area contributed by atoms with E-state index >= 15 is 0 Å². The van der Waals surface area contributed by atoms with E-state index in [2.05, 4.69) is 4.98 Å². The average molecular weight is 328 g/mol. The quantitative estimate of drug-likeness (QED) is 0.576. The second kappa shape index (κ2) is 6.67. The number of fused-ring (bicyclic) bond motifs is 1. The molecule has 0 bridgehead atoms. The van der Waals surface area contributed by atoms with Crippen molar-refractivity contribution in [3.8, 4) is 5.75 Å². The van der Waals surface area contributed by atoms with Crippen molar-refractivity contribution in [2.75, 3.05) is 5.88 Å². The molecule has 3 aromatic rings.